The molecule has 5 rings (SSSR count). The van der Waals surface area contributed by atoms with Crippen LogP contribution < -0.4 is 0 Å². The number of aromatic hydroxyl groups is 1. The molecule has 2 aromatic carbocycles. The van der Waals surface area contributed by atoms with Crippen LogP contribution in [0, 0.1) is 23.2 Å². The van der Waals surface area contributed by atoms with Crippen LogP contribution in [-0.2, 0) is 32.0 Å². The Bertz CT molecular complexity index is 1060. The quantitative estimate of drug-likeness (QED) is 0.233. The van der Waals surface area contributed by atoms with Crippen LogP contribution in [0.5, 0.6) is 5.75 Å². The first-order chi connectivity index (χ1) is 20.1. The molecule has 226 valence electrons. The number of aliphatic hydroxyl groups excluding tert-OH is 1. The zero-order chi connectivity index (χ0) is 28.5. The molecular weight excluding hydrogens is 516 g/mol. The Morgan fingerprint density at radius 2 is 1.51 bits per heavy atom. The highest BCUT2D eigenvalue weighted by atomic mass is 16.6. The molecule has 0 aliphatic heterocycles. The van der Waals surface area contributed by atoms with E-state index in [4.69, 9.17) is 18.9 Å². The summed E-state index contributed by atoms with van der Waals surface area (Å²) in [6.07, 6.45) is 8.64. The van der Waals surface area contributed by atoms with Crippen molar-refractivity contribution in [2.24, 2.45) is 23.2 Å². The van der Waals surface area contributed by atoms with Crippen molar-refractivity contribution in [2.45, 2.75) is 76.9 Å². The molecule has 0 saturated heterocycles. The van der Waals surface area contributed by atoms with Crippen LogP contribution >= 0.6 is 0 Å². The van der Waals surface area contributed by atoms with Gasteiger partial charge in [-0.2, -0.15) is 0 Å². The van der Waals surface area contributed by atoms with Gasteiger partial charge in [-0.3, -0.25) is 0 Å². The maximum Gasteiger partial charge on any atom is 0.115 e. The first-order valence-electron chi connectivity index (χ1n) is 15.9. The van der Waals surface area contributed by atoms with E-state index >= 15 is 0 Å². The Balaban J connectivity index is 0.946. The lowest BCUT2D eigenvalue weighted by atomic mass is 9.52. The van der Waals surface area contributed by atoms with Crippen LogP contribution in [0.4, 0.5) is 0 Å². The van der Waals surface area contributed by atoms with Crippen molar-refractivity contribution >= 4 is 0 Å². The summed E-state index contributed by atoms with van der Waals surface area (Å²) >= 11 is 0. The Labute approximate surface area is 246 Å². The third-order valence-corrected chi connectivity index (χ3v) is 10.2. The van der Waals surface area contributed by atoms with E-state index in [2.05, 4.69) is 25.1 Å². The minimum Gasteiger partial charge on any atom is -0.508 e. The first-order valence-corrected chi connectivity index (χ1v) is 15.9. The average Bonchev–Trinajstić information content (AvgIpc) is 3.29. The van der Waals surface area contributed by atoms with E-state index in [-0.39, 0.29) is 11.5 Å². The van der Waals surface area contributed by atoms with Crippen molar-refractivity contribution in [1.29, 1.82) is 0 Å². The van der Waals surface area contributed by atoms with E-state index < -0.39 is 0 Å². The molecule has 0 amide bonds. The van der Waals surface area contributed by atoms with E-state index in [1.165, 1.54) is 23.1 Å². The van der Waals surface area contributed by atoms with Gasteiger partial charge in [0.05, 0.1) is 52.4 Å². The van der Waals surface area contributed by atoms with Gasteiger partial charge in [0, 0.05) is 6.61 Å². The summed E-state index contributed by atoms with van der Waals surface area (Å²) in [5, 5.41) is 21.0. The fraction of sp³-hybridized carbons (Fsp3) is 0.657. The zero-order valence-corrected chi connectivity index (χ0v) is 24.8. The number of phenols is 1. The topological polar surface area (TPSA) is 77.4 Å². The Morgan fingerprint density at radius 1 is 0.805 bits per heavy atom. The molecule has 0 radical (unpaired) electrons. The molecule has 2 fully saturated rings. The third kappa shape index (κ3) is 7.71. The minimum atomic E-state index is -0.156. The van der Waals surface area contributed by atoms with Gasteiger partial charge in [0.15, 0.2) is 0 Å². The number of hydrogen-bond donors (Lipinski definition) is 2. The molecule has 2 saturated carbocycles. The first kappa shape index (κ1) is 30.5. The van der Waals surface area contributed by atoms with Gasteiger partial charge in [-0.15, -0.1) is 0 Å². The van der Waals surface area contributed by atoms with Crippen LogP contribution in [0.25, 0.3) is 0 Å². The highest BCUT2D eigenvalue weighted by Gasteiger charge is 2.56. The van der Waals surface area contributed by atoms with Crippen molar-refractivity contribution in [3.8, 4) is 5.75 Å². The Kier molecular flexibility index (Phi) is 11.1. The number of unbranched alkanes of at least 4 members (excludes halogenated alkanes) is 1. The van der Waals surface area contributed by atoms with Gasteiger partial charge in [0.1, 0.15) is 5.75 Å². The Morgan fingerprint density at radius 3 is 2.27 bits per heavy atom. The van der Waals surface area contributed by atoms with Gasteiger partial charge in [0.25, 0.3) is 0 Å². The zero-order valence-electron chi connectivity index (χ0n) is 24.8. The third-order valence-electron chi connectivity index (χ3n) is 10.2. The lowest BCUT2D eigenvalue weighted by Crippen LogP contribution is -2.47. The van der Waals surface area contributed by atoms with Crippen LogP contribution in [-0.4, -0.2) is 62.6 Å². The summed E-state index contributed by atoms with van der Waals surface area (Å²) in [6, 6.07) is 16.2. The summed E-state index contributed by atoms with van der Waals surface area (Å²) in [6.45, 7) is 7.20. The molecule has 0 heterocycles. The fourth-order valence-corrected chi connectivity index (χ4v) is 8.07. The van der Waals surface area contributed by atoms with Crippen LogP contribution in [0.1, 0.15) is 74.5 Å². The van der Waals surface area contributed by atoms with Crippen molar-refractivity contribution in [1.82, 2.24) is 0 Å². The van der Waals surface area contributed by atoms with Crippen LogP contribution in [0.2, 0.25) is 0 Å². The van der Waals surface area contributed by atoms with E-state index in [1.54, 1.807) is 0 Å². The van der Waals surface area contributed by atoms with Crippen LogP contribution in [0.3, 0.4) is 0 Å². The number of rotatable bonds is 16. The second kappa shape index (κ2) is 15.0. The van der Waals surface area contributed by atoms with Gasteiger partial charge in [-0.1, -0.05) is 49.7 Å². The number of hydrogen-bond acceptors (Lipinski definition) is 6. The van der Waals surface area contributed by atoms with Gasteiger partial charge in [-0.25, -0.2) is 0 Å². The molecule has 6 heteroatoms. The summed E-state index contributed by atoms with van der Waals surface area (Å²) in [5.74, 6) is 2.79. The Hall–Kier alpha value is -1.96. The minimum absolute atomic E-state index is 0.0676. The summed E-state index contributed by atoms with van der Waals surface area (Å²) < 4.78 is 22.7. The van der Waals surface area contributed by atoms with Gasteiger partial charge >= 0.3 is 0 Å². The fourth-order valence-electron chi connectivity index (χ4n) is 8.07. The second-order valence-electron chi connectivity index (χ2n) is 12.6. The molecule has 0 spiro atoms. The standard InChI is InChI=1S/C35H50O6/c1-35-15-14-31-30-11-10-29(36)24-28(30)23-27(34(31)32(35)12-13-33(35)37)9-5-6-16-38-17-18-39-19-20-40-21-22-41-25-26-7-3-2-4-8-26/h2-4,7-8,10-11,24,27,31-34,36-37H,5-6,9,12-23,25H2,1H3. The lowest BCUT2D eigenvalue weighted by Gasteiger charge is -2.53. The van der Waals surface area contributed by atoms with Gasteiger partial charge < -0.3 is 29.2 Å². The second-order valence-corrected chi connectivity index (χ2v) is 12.6. The molecule has 0 aromatic heterocycles. The van der Waals surface area contributed by atoms with Crippen molar-refractivity contribution in [3.05, 3.63) is 65.2 Å². The summed E-state index contributed by atoms with van der Waals surface area (Å²) in [4.78, 5) is 0. The molecule has 0 bridgehead atoms. The molecule has 6 unspecified atom stereocenters. The molecule has 6 nitrogen and oxygen atoms in total. The van der Waals surface area contributed by atoms with E-state index in [1.807, 2.05) is 30.3 Å². The van der Waals surface area contributed by atoms with E-state index in [0.717, 1.165) is 51.6 Å². The molecule has 2 aromatic rings. The summed E-state index contributed by atoms with van der Waals surface area (Å²) in [5.41, 5.74) is 4.04. The SMILES string of the molecule is CC12CCC3c4ccc(O)cc4CC(CCCCOCCOCCOCCOCc4ccccc4)C3C1CCC2O. The number of aliphatic hydroxyl groups is 1. The highest BCUT2D eigenvalue weighted by molar-refractivity contribution is 5.40. The average molecular weight is 567 g/mol. The monoisotopic (exact) mass is 566 g/mol. The predicted molar refractivity (Wildman–Crippen MR) is 160 cm³/mol. The van der Waals surface area contributed by atoms with Crippen LogP contribution in [0.15, 0.2) is 48.5 Å². The molecule has 6 atom stereocenters. The molecule has 2 N–H and O–H groups in total. The van der Waals surface area contributed by atoms with E-state index in [0.29, 0.717) is 75.7 Å². The normalized spacial score (nSPS) is 28.7. The van der Waals surface area contributed by atoms with E-state index in [9.17, 15) is 10.2 Å². The summed E-state index contributed by atoms with van der Waals surface area (Å²) in [7, 11) is 0. The lowest BCUT2D eigenvalue weighted by molar-refractivity contribution is -0.0399. The molecule has 41 heavy (non-hydrogen) atoms. The number of phenolic OH excluding ortho intramolecular Hbond substituents is 1. The number of ether oxygens (including phenoxy) is 4. The maximum absolute atomic E-state index is 10.9. The highest BCUT2D eigenvalue weighted by Crippen LogP contribution is 2.62. The van der Waals surface area contributed by atoms with Gasteiger partial charge in [-0.05, 0) is 103 Å². The largest absolute Gasteiger partial charge is 0.508 e. The molecule has 3 aliphatic carbocycles. The maximum atomic E-state index is 10.9. The number of benzene rings is 2. The predicted octanol–water partition coefficient (Wildman–Crippen LogP) is 6.27. The molecular formula is C35H50O6. The van der Waals surface area contributed by atoms with Crippen molar-refractivity contribution in [2.75, 3.05) is 46.2 Å². The number of fused-ring (bicyclic) bond motifs is 5. The van der Waals surface area contributed by atoms with Gasteiger partial charge in [0.2, 0.25) is 0 Å². The molecule has 3 aliphatic rings. The van der Waals surface area contributed by atoms with Crippen molar-refractivity contribution in [3.63, 3.8) is 0 Å². The van der Waals surface area contributed by atoms with Crippen molar-refractivity contribution < 1.29 is 29.2 Å². The smallest absolute Gasteiger partial charge is 0.115 e.